The Balaban J connectivity index is 0.00000123. The standard InChI is InChI=1S/C15H28N2O3.2C2H6/c1-4-10-19-13-12-17(9-11-20-13)14(18)15(5-2)7-6-8-16(15)3;2*1-2/h13H,4-12H2,1-3H3;2*1-2H3/p+1. The Morgan fingerprint density at radius 1 is 1.29 bits per heavy atom. The lowest BCUT2D eigenvalue weighted by Crippen LogP contribution is -3.17. The van der Waals surface area contributed by atoms with E-state index in [4.69, 9.17) is 9.47 Å². The van der Waals surface area contributed by atoms with Gasteiger partial charge in [0.05, 0.1) is 26.7 Å². The van der Waals surface area contributed by atoms with Crippen LogP contribution in [0.2, 0.25) is 0 Å². The van der Waals surface area contributed by atoms with Gasteiger partial charge in [0.1, 0.15) is 0 Å². The number of rotatable bonds is 5. The summed E-state index contributed by atoms with van der Waals surface area (Å²) in [7, 11) is 2.15. The van der Waals surface area contributed by atoms with Crippen molar-refractivity contribution in [3.8, 4) is 0 Å². The van der Waals surface area contributed by atoms with Crippen LogP contribution in [0.15, 0.2) is 0 Å². The second-order valence-corrected chi connectivity index (χ2v) is 5.99. The zero-order valence-electron chi connectivity index (χ0n) is 17.1. The summed E-state index contributed by atoms with van der Waals surface area (Å²) in [6.45, 7) is 15.9. The van der Waals surface area contributed by atoms with Gasteiger partial charge < -0.3 is 19.3 Å². The molecular weight excluding hydrogens is 304 g/mol. The van der Waals surface area contributed by atoms with Gasteiger partial charge in [0.25, 0.3) is 5.91 Å². The lowest BCUT2D eigenvalue weighted by atomic mass is 9.91. The molecule has 5 heteroatoms. The zero-order valence-corrected chi connectivity index (χ0v) is 17.1. The van der Waals surface area contributed by atoms with Crippen LogP contribution in [0.3, 0.4) is 0 Å². The van der Waals surface area contributed by atoms with E-state index in [1.807, 2.05) is 32.6 Å². The van der Waals surface area contributed by atoms with Crippen LogP contribution in [0.5, 0.6) is 0 Å². The fraction of sp³-hybridized carbons (Fsp3) is 0.947. The van der Waals surface area contributed by atoms with Crippen molar-refractivity contribution in [2.45, 2.75) is 79.1 Å². The quantitative estimate of drug-likeness (QED) is 0.830. The van der Waals surface area contributed by atoms with Crippen LogP contribution >= 0.6 is 0 Å². The number of carbonyl (C=O) groups excluding carboxylic acids is 1. The molecule has 24 heavy (non-hydrogen) atoms. The maximum atomic E-state index is 13.0. The summed E-state index contributed by atoms with van der Waals surface area (Å²) in [4.78, 5) is 16.3. The predicted octanol–water partition coefficient (Wildman–Crippen LogP) is 2.11. The fourth-order valence-corrected chi connectivity index (χ4v) is 3.48. The van der Waals surface area contributed by atoms with E-state index in [0.717, 1.165) is 32.2 Å². The third-order valence-corrected chi connectivity index (χ3v) is 4.81. The van der Waals surface area contributed by atoms with E-state index in [1.165, 1.54) is 4.90 Å². The minimum absolute atomic E-state index is 0.216. The number of nitrogens with zero attached hydrogens (tertiary/aromatic N) is 1. The molecule has 1 N–H and O–H groups in total. The van der Waals surface area contributed by atoms with Crippen LogP contribution < -0.4 is 4.90 Å². The van der Waals surface area contributed by atoms with Gasteiger partial charge in [-0.25, -0.2) is 0 Å². The average molecular weight is 346 g/mol. The molecule has 144 valence electrons. The number of hydrogen-bond acceptors (Lipinski definition) is 3. The van der Waals surface area contributed by atoms with Crippen molar-refractivity contribution >= 4 is 5.91 Å². The molecule has 3 atom stereocenters. The summed E-state index contributed by atoms with van der Waals surface area (Å²) in [6.07, 6.45) is 3.79. The van der Waals surface area contributed by atoms with Crippen molar-refractivity contribution < 1.29 is 19.2 Å². The molecule has 2 aliphatic heterocycles. The minimum atomic E-state index is -0.247. The third kappa shape index (κ3) is 5.71. The first kappa shape index (κ1) is 23.4. The lowest BCUT2D eigenvalue weighted by molar-refractivity contribution is -0.910. The second kappa shape index (κ2) is 12.7. The van der Waals surface area contributed by atoms with Gasteiger partial charge in [0, 0.05) is 32.4 Å². The molecule has 0 aliphatic carbocycles. The maximum Gasteiger partial charge on any atom is 0.284 e. The predicted molar refractivity (Wildman–Crippen MR) is 99.3 cm³/mol. The Kier molecular flexibility index (Phi) is 12.3. The Bertz CT molecular complexity index is 339. The number of amides is 1. The number of nitrogens with one attached hydrogen (secondary N) is 1. The van der Waals surface area contributed by atoms with Gasteiger partial charge >= 0.3 is 0 Å². The SMILES string of the molecule is CC.CC.CCCOC1CN(C(=O)C2(CC)CCC[NH+]2C)CCO1. The number of likely N-dealkylation sites (tertiary alicyclic amines) is 1. The van der Waals surface area contributed by atoms with Crippen molar-refractivity contribution in [2.24, 2.45) is 0 Å². The van der Waals surface area contributed by atoms with Gasteiger partial charge in [0.2, 0.25) is 0 Å². The number of morpholine rings is 1. The number of quaternary nitrogens is 1. The average Bonchev–Trinajstić information content (AvgIpc) is 3.04. The molecule has 5 nitrogen and oxygen atoms in total. The van der Waals surface area contributed by atoms with Crippen molar-refractivity contribution in [1.82, 2.24) is 4.90 Å². The van der Waals surface area contributed by atoms with Gasteiger partial charge in [-0.05, 0) is 6.42 Å². The summed E-state index contributed by atoms with van der Waals surface area (Å²) in [6, 6.07) is 0. The first-order valence-electron chi connectivity index (χ1n) is 9.99. The highest BCUT2D eigenvalue weighted by molar-refractivity contribution is 5.85. The van der Waals surface area contributed by atoms with E-state index in [1.54, 1.807) is 0 Å². The summed E-state index contributed by atoms with van der Waals surface area (Å²) >= 11 is 0. The van der Waals surface area contributed by atoms with Gasteiger partial charge in [-0.15, -0.1) is 0 Å². The van der Waals surface area contributed by atoms with Gasteiger partial charge in [0.15, 0.2) is 11.8 Å². The van der Waals surface area contributed by atoms with Crippen LogP contribution in [0.1, 0.15) is 67.2 Å². The molecule has 0 radical (unpaired) electrons. The molecule has 2 aliphatic rings. The van der Waals surface area contributed by atoms with Crippen LogP contribution in [0, 0.1) is 0 Å². The minimum Gasteiger partial charge on any atom is -0.351 e. The van der Waals surface area contributed by atoms with Crippen molar-refractivity contribution in [1.29, 1.82) is 0 Å². The lowest BCUT2D eigenvalue weighted by Gasteiger charge is -2.39. The molecule has 2 saturated heterocycles. The van der Waals surface area contributed by atoms with Gasteiger partial charge in [-0.2, -0.15) is 0 Å². The van der Waals surface area contributed by atoms with Crippen LogP contribution in [-0.2, 0) is 14.3 Å². The molecule has 0 saturated carbocycles. The topological polar surface area (TPSA) is 43.2 Å². The third-order valence-electron chi connectivity index (χ3n) is 4.81. The van der Waals surface area contributed by atoms with Crippen LogP contribution in [0.4, 0.5) is 0 Å². The van der Waals surface area contributed by atoms with Gasteiger partial charge in [-0.3, -0.25) is 4.79 Å². The van der Waals surface area contributed by atoms with E-state index in [0.29, 0.717) is 32.2 Å². The highest BCUT2D eigenvalue weighted by atomic mass is 16.7. The summed E-state index contributed by atoms with van der Waals surface area (Å²) in [5.41, 5.74) is -0.216. The highest BCUT2D eigenvalue weighted by Gasteiger charge is 2.50. The van der Waals surface area contributed by atoms with E-state index >= 15 is 0 Å². The Morgan fingerprint density at radius 2 is 1.96 bits per heavy atom. The van der Waals surface area contributed by atoms with Crippen molar-refractivity contribution in [2.75, 3.05) is 39.9 Å². The number of hydrogen-bond donors (Lipinski definition) is 1. The first-order valence-corrected chi connectivity index (χ1v) is 9.99. The number of likely N-dealkylation sites (N-methyl/N-ethyl adjacent to an activating group) is 1. The Hall–Kier alpha value is -0.650. The Morgan fingerprint density at radius 3 is 2.46 bits per heavy atom. The second-order valence-electron chi connectivity index (χ2n) is 5.99. The van der Waals surface area contributed by atoms with Crippen LogP contribution in [0.25, 0.3) is 0 Å². The normalized spacial score (nSPS) is 29.2. The highest BCUT2D eigenvalue weighted by Crippen LogP contribution is 2.22. The fourth-order valence-electron chi connectivity index (χ4n) is 3.48. The van der Waals surface area contributed by atoms with E-state index in [2.05, 4.69) is 20.9 Å². The molecule has 1 amide bonds. The smallest absolute Gasteiger partial charge is 0.284 e. The van der Waals surface area contributed by atoms with E-state index < -0.39 is 0 Å². The molecular formula is C19H41N2O3+. The molecule has 0 spiro atoms. The van der Waals surface area contributed by atoms with Crippen molar-refractivity contribution in [3.63, 3.8) is 0 Å². The molecule has 0 aromatic rings. The molecule has 0 aromatic carbocycles. The molecule has 0 aromatic heterocycles. The molecule has 3 unspecified atom stereocenters. The zero-order chi connectivity index (χ0) is 18.6. The van der Waals surface area contributed by atoms with Crippen molar-refractivity contribution in [3.05, 3.63) is 0 Å². The first-order chi connectivity index (χ1) is 11.6. The Labute approximate surface area is 149 Å². The van der Waals surface area contributed by atoms with E-state index in [-0.39, 0.29) is 11.8 Å². The largest absolute Gasteiger partial charge is 0.351 e. The molecule has 0 bridgehead atoms. The van der Waals surface area contributed by atoms with Crippen LogP contribution in [-0.4, -0.2) is 62.5 Å². The number of carbonyl (C=O) groups is 1. The molecule has 2 heterocycles. The summed E-state index contributed by atoms with van der Waals surface area (Å²) in [5, 5.41) is 0. The monoisotopic (exact) mass is 345 g/mol. The maximum absolute atomic E-state index is 13.0. The van der Waals surface area contributed by atoms with Gasteiger partial charge in [-0.1, -0.05) is 41.5 Å². The molecule has 2 rings (SSSR count). The molecule has 2 fully saturated rings. The summed E-state index contributed by atoms with van der Waals surface area (Å²) in [5.74, 6) is 0.295. The summed E-state index contributed by atoms with van der Waals surface area (Å²) < 4.78 is 11.2. The van der Waals surface area contributed by atoms with E-state index in [9.17, 15) is 4.79 Å². The number of ether oxygens (including phenoxy) is 2.